The molecule has 0 amide bonds. The van der Waals surface area contributed by atoms with Crippen LogP contribution in [-0.4, -0.2) is 47.1 Å². The first-order valence-corrected chi connectivity index (χ1v) is 12.8. The van der Waals surface area contributed by atoms with Crippen LogP contribution in [0, 0.1) is 6.92 Å². The fraction of sp³-hybridized carbons (Fsp3) is 0.304. The van der Waals surface area contributed by atoms with Gasteiger partial charge in [0.2, 0.25) is 15.9 Å². The molecule has 3 aromatic rings. The Balaban J connectivity index is 1.38. The third-order valence-electron chi connectivity index (χ3n) is 5.44. The van der Waals surface area contributed by atoms with Gasteiger partial charge in [-0.25, -0.2) is 13.4 Å². The van der Waals surface area contributed by atoms with Gasteiger partial charge in [0.15, 0.2) is 0 Å². The predicted molar refractivity (Wildman–Crippen MR) is 122 cm³/mol. The van der Waals surface area contributed by atoms with Gasteiger partial charge in [0.25, 0.3) is 0 Å². The first kappa shape index (κ1) is 22.6. The summed E-state index contributed by atoms with van der Waals surface area (Å²) >= 11 is 1.60. The van der Waals surface area contributed by atoms with Crippen molar-refractivity contribution in [2.75, 3.05) is 12.3 Å². The molecule has 2 aromatic carbocycles. The molecule has 1 atom stereocenters. The molecule has 168 valence electrons. The van der Waals surface area contributed by atoms with Gasteiger partial charge in [-0.1, -0.05) is 18.2 Å². The summed E-state index contributed by atoms with van der Waals surface area (Å²) in [5.41, 5.74) is 1.85. The van der Waals surface area contributed by atoms with Gasteiger partial charge in [-0.3, -0.25) is 4.79 Å². The van der Waals surface area contributed by atoms with Crippen molar-refractivity contribution in [3.63, 3.8) is 0 Å². The Bertz CT molecular complexity index is 1190. The van der Waals surface area contributed by atoms with E-state index in [-0.39, 0.29) is 11.4 Å². The Morgan fingerprint density at radius 2 is 1.91 bits per heavy atom. The normalized spacial score (nSPS) is 17.0. The highest BCUT2D eigenvalue weighted by Crippen LogP contribution is 2.29. The minimum absolute atomic E-state index is 0.120. The summed E-state index contributed by atoms with van der Waals surface area (Å²) < 4.78 is 32.6. The molecular formula is C23H24N2O5S2. The van der Waals surface area contributed by atoms with E-state index in [2.05, 4.69) is 4.98 Å². The lowest BCUT2D eigenvalue weighted by molar-refractivity contribution is -0.140. The van der Waals surface area contributed by atoms with Crippen LogP contribution in [0.25, 0.3) is 11.5 Å². The molecule has 1 aromatic heterocycles. The SMILES string of the molecule is Cc1oc(-c2ccccc2)nc1CCSc1ccc(S(=O)(=O)N2CCCC2C(=O)O)cc1. The molecule has 1 fully saturated rings. The third-order valence-corrected chi connectivity index (χ3v) is 8.38. The second-order valence-corrected chi connectivity index (χ2v) is 10.6. The van der Waals surface area contributed by atoms with Crippen LogP contribution in [0.15, 0.2) is 68.8 Å². The van der Waals surface area contributed by atoms with Gasteiger partial charge < -0.3 is 9.52 Å². The molecule has 1 unspecified atom stereocenters. The number of carboxylic acids is 1. The lowest BCUT2D eigenvalue weighted by Crippen LogP contribution is -2.40. The van der Waals surface area contributed by atoms with E-state index < -0.39 is 22.0 Å². The van der Waals surface area contributed by atoms with Crippen LogP contribution in [0.5, 0.6) is 0 Å². The zero-order valence-electron chi connectivity index (χ0n) is 17.6. The van der Waals surface area contributed by atoms with Crippen LogP contribution in [0.3, 0.4) is 0 Å². The maximum absolute atomic E-state index is 12.9. The van der Waals surface area contributed by atoms with Crippen LogP contribution >= 0.6 is 11.8 Å². The number of rotatable bonds is 8. The summed E-state index contributed by atoms with van der Waals surface area (Å²) in [6, 6.07) is 15.4. The van der Waals surface area contributed by atoms with E-state index in [4.69, 9.17) is 4.42 Å². The molecule has 7 nitrogen and oxygen atoms in total. The zero-order chi connectivity index (χ0) is 22.7. The summed E-state index contributed by atoms with van der Waals surface area (Å²) in [7, 11) is -3.82. The molecule has 0 saturated carbocycles. The minimum atomic E-state index is -3.82. The van der Waals surface area contributed by atoms with Crippen molar-refractivity contribution >= 4 is 27.8 Å². The number of thioether (sulfide) groups is 1. The summed E-state index contributed by atoms with van der Waals surface area (Å²) in [6.45, 7) is 2.14. The zero-order valence-corrected chi connectivity index (χ0v) is 19.2. The van der Waals surface area contributed by atoms with Crippen LogP contribution < -0.4 is 0 Å². The van der Waals surface area contributed by atoms with Crippen LogP contribution in [0.1, 0.15) is 24.3 Å². The first-order valence-electron chi connectivity index (χ1n) is 10.4. The first-order chi connectivity index (χ1) is 15.4. The number of aliphatic carboxylic acids is 1. The molecule has 4 rings (SSSR count). The van der Waals surface area contributed by atoms with E-state index >= 15 is 0 Å². The number of carboxylic acid groups (broad SMARTS) is 1. The Labute approximate surface area is 191 Å². The van der Waals surface area contributed by atoms with E-state index in [1.54, 1.807) is 36.0 Å². The maximum Gasteiger partial charge on any atom is 0.322 e. The number of hydrogen-bond donors (Lipinski definition) is 1. The van der Waals surface area contributed by atoms with Crippen LogP contribution in [-0.2, 0) is 21.2 Å². The van der Waals surface area contributed by atoms with Crippen molar-refractivity contribution in [2.24, 2.45) is 0 Å². The average molecular weight is 473 g/mol. The second-order valence-electron chi connectivity index (χ2n) is 7.57. The van der Waals surface area contributed by atoms with Gasteiger partial charge in [-0.05, 0) is 56.2 Å². The quantitative estimate of drug-likeness (QED) is 0.490. The summed E-state index contributed by atoms with van der Waals surface area (Å²) in [5, 5.41) is 9.29. The fourth-order valence-corrected chi connectivity index (χ4v) is 6.26. The lowest BCUT2D eigenvalue weighted by Gasteiger charge is -2.21. The monoisotopic (exact) mass is 472 g/mol. The van der Waals surface area contributed by atoms with Crippen molar-refractivity contribution < 1.29 is 22.7 Å². The number of aryl methyl sites for hydroxylation is 2. The van der Waals surface area contributed by atoms with Gasteiger partial charge in [0.1, 0.15) is 11.8 Å². The largest absolute Gasteiger partial charge is 0.480 e. The Morgan fingerprint density at radius 1 is 1.19 bits per heavy atom. The molecule has 1 N–H and O–H groups in total. The number of hydrogen-bond acceptors (Lipinski definition) is 6. The molecule has 1 aliphatic heterocycles. The number of carbonyl (C=O) groups is 1. The predicted octanol–water partition coefficient (Wildman–Crippen LogP) is 4.22. The molecule has 2 heterocycles. The topological polar surface area (TPSA) is 101 Å². The van der Waals surface area contributed by atoms with Gasteiger partial charge in [0, 0.05) is 29.2 Å². The van der Waals surface area contributed by atoms with Gasteiger partial charge in [-0.2, -0.15) is 4.31 Å². The molecule has 0 spiro atoms. The van der Waals surface area contributed by atoms with Gasteiger partial charge in [0.05, 0.1) is 10.6 Å². The van der Waals surface area contributed by atoms with Crippen molar-refractivity contribution in [1.29, 1.82) is 0 Å². The Kier molecular flexibility index (Phi) is 6.68. The molecule has 0 radical (unpaired) electrons. The molecule has 1 saturated heterocycles. The standard InChI is InChI=1S/C23H24N2O5S2/c1-16-20(24-22(30-16)17-6-3-2-4-7-17)13-15-31-18-9-11-19(12-10-18)32(28,29)25-14-5-8-21(25)23(26)27/h2-4,6-7,9-12,21H,5,8,13-15H2,1H3,(H,26,27). The van der Waals surface area contributed by atoms with E-state index in [1.807, 2.05) is 37.3 Å². The summed E-state index contributed by atoms with van der Waals surface area (Å²) in [6.07, 6.45) is 1.62. The van der Waals surface area contributed by atoms with E-state index in [0.717, 1.165) is 38.4 Å². The van der Waals surface area contributed by atoms with Crippen LogP contribution in [0.4, 0.5) is 0 Å². The number of nitrogens with zero attached hydrogens (tertiary/aromatic N) is 2. The number of sulfonamides is 1. The average Bonchev–Trinajstić information content (AvgIpc) is 3.43. The Morgan fingerprint density at radius 3 is 2.59 bits per heavy atom. The highest BCUT2D eigenvalue weighted by molar-refractivity contribution is 7.99. The van der Waals surface area contributed by atoms with E-state index in [0.29, 0.717) is 18.7 Å². The fourth-order valence-electron chi connectivity index (χ4n) is 3.75. The van der Waals surface area contributed by atoms with E-state index in [9.17, 15) is 18.3 Å². The number of oxazole rings is 1. The summed E-state index contributed by atoms with van der Waals surface area (Å²) in [4.78, 5) is 17.0. The van der Waals surface area contributed by atoms with Gasteiger partial charge >= 0.3 is 5.97 Å². The molecule has 0 aliphatic carbocycles. The van der Waals surface area contributed by atoms with Crippen molar-refractivity contribution in [3.8, 4) is 11.5 Å². The molecule has 1 aliphatic rings. The lowest BCUT2D eigenvalue weighted by atomic mass is 10.2. The number of benzene rings is 2. The van der Waals surface area contributed by atoms with Crippen molar-refractivity contribution in [1.82, 2.24) is 9.29 Å². The van der Waals surface area contributed by atoms with Crippen molar-refractivity contribution in [3.05, 3.63) is 66.1 Å². The highest BCUT2D eigenvalue weighted by Gasteiger charge is 2.39. The maximum atomic E-state index is 12.9. The molecule has 0 bridgehead atoms. The second kappa shape index (κ2) is 9.48. The molecule has 32 heavy (non-hydrogen) atoms. The van der Waals surface area contributed by atoms with Crippen molar-refractivity contribution in [2.45, 2.75) is 42.0 Å². The third kappa shape index (κ3) is 4.74. The molecule has 9 heteroatoms. The number of aromatic nitrogens is 1. The van der Waals surface area contributed by atoms with Crippen LogP contribution in [0.2, 0.25) is 0 Å². The van der Waals surface area contributed by atoms with E-state index in [1.165, 1.54) is 0 Å². The minimum Gasteiger partial charge on any atom is -0.480 e. The molecular weight excluding hydrogens is 448 g/mol. The summed E-state index contributed by atoms with van der Waals surface area (Å²) in [5.74, 6) is 1.07. The smallest absolute Gasteiger partial charge is 0.322 e. The Hall–Kier alpha value is -2.62. The van der Waals surface area contributed by atoms with Gasteiger partial charge in [-0.15, -0.1) is 11.8 Å². The highest BCUT2D eigenvalue weighted by atomic mass is 32.2.